The molecular formula is C11H20N2O3. The monoisotopic (exact) mass is 228 g/mol. The molecule has 92 valence electrons. The summed E-state index contributed by atoms with van der Waals surface area (Å²) < 4.78 is 10.6. The van der Waals surface area contributed by atoms with Gasteiger partial charge >= 0.3 is 0 Å². The summed E-state index contributed by atoms with van der Waals surface area (Å²) in [5, 5.41) is 3.38. The van der Waals surface area contributed by atoms with Gasteiger partial charge < -0.3 is 19.7 Å². The van der Waals surface area contributed by atoms with Gasteiger partial charge in [0.1, 0.15) is 0 Å². The molecule has 2 fully saturated rings. The maximum Gasteiger partial charge on any atom is 0.253 e. The first-order valence-corrected chi connectivity index (χ1v) is 5.95. The Hall–Kier alpha value is -0.650. The van der Waals surface area contributed by atoms with Crippen LogP contribution < -0.4 is 5.32 Å². The first-order chi connectivity index (χ1) is 7.77. The van der Waals surface area contributed by atoms with Crippen molar-refractivity contribution in [2.75, 3.05) is 40.0 Å². The van der Waals surface area contributed by atoms with E-state index < -0.39 is 6.10 Å². The standard InChI is InChI=1S/C11H20N2O3/c1-13(7-9-3-2-4-12-9)11(14)10-8-15-5-6-16-10/h9-10,12H,2-8H2,1H3. The van der Waals surface area contributed by atoms with Crippen LogP contribution in [0.2, 0.25) is 0 Å². The van der Waals surface area contributed by atoms with Crippen LogP contribution in [0.25, 0.3) is 0 Å². The van der Waals surface area contributed by atoms with Crippen LogP contribution in [0.3, 0.4) is 0 Å². The molecule has 0 aromatic heterocycles. The summed E-state index contributed by atoms with van der Waals surface area (Å²) >= 11 is 0. The second-order valence-electron chi connectivity index (χ2n) is 4.45. The summed E-state index contributed by atoms with van der Waals surface area (Å²) in [4.78, 5) is 13.7. The molecule has 0 aromatic carbocycles. The molecule has 0 aromatic rings. The van der Waals surface area contributed by atoms with Crippen molar-refractivity contribution in [2.24, 2.45) is 0 Å². The fourth-order valence-electron chi connectivity index (χ4n) is 2.21. The van der Waals surface area contributed by atoms with E-state index in [0.29, 0.717) is 25.9 Å². The summed E-state index contributed by atoms with van der Waals surface area (Å²) in [5.74, 6) is 0.0356. The minimum atomic E-state index is -0.403. The predicted octanol–water partition coefficient (Wildman–Crippen LogP) is -0.388. The number of hydrogen-bond acceptors (Lipinski definition) is 4. The fraction of sp³-hybridized carbons (Fsp3) is 0.909. The van der Waals surface area contributed by atoms with Crippen molar-refractivity contribution in [3.8, 4) is 0 Å². The second-order valence-corrected chi connectivity index (χ2v) is 4.45. The molecular weight excluding hydrogens is 208 g/mol. The van der Waals surface area contributed by atoms with Crippen LogP contribution in [-0.2, 0) is 14.3 Å². The smallest absolute Gasteiger partial charge is 0.253 e. The van der Waals surface area contributed by atoms with Crippen LogP contribution in [0.5, 0.6) is 0 Å². The first-order valence-electron chi connectivity index (χ1n) is 5.95. The van der Waals surface area contributed by atoms with Crippen LogP contribution in [0, 0.1) is 0 Å². The predicted molar refractivity (Wildman–Crippen MR) is 59.2 cm³/mol. The van der Waals surface area contributed by atoms with Gasteiger partial charge in [0.2, 0.25) is 0 Å². The average Bonchev–Trinajstić information content (AvgIpc) is 2.82. The molecule has 2 saturated heterocycles. The zero-order valence-corrected chi connectivity index (χ0v) is 9.78. The highest BCUT2D eigenvalue weighted by atomic mass is 16.6. The summed E-state index contributed by atoms with van der Waals surface area (Å²) in [7, 11) is 1.83. The van der Waals surface area contributed by atoms with Crippen molar-refractivity contribution < 1.29 is 14.3 Å². The second kappa shape index (κ2) is 5.61. The molecule has 5 nitrogen and oxygen atoms in total. The topological polar surface area (TPSA) is 50.8 Å². The van der Waals surface area contributed by atoms with Gasteiger partial charge in [0.25, 0.3) is 5.91 Å². The number of rotatable bonds is 3. The minimum Gasteiger partial charge on any atom is -0.376 e. The van der Waals surface area contributed by atoms with E-state index in [1.165, 1.54) is 6.42 Å². The lowest BCUT2D eigenvalue weighted by Gasteiger charge is -2.28. The van der Waals surface area contributed by atoms with Gasteiger partial charge in [-0.05, 0) is 19.4 Å². The van der Waals surface area contributed by atoms with E-state index >= 15 is 0 Å². The Bertz CT molecular complexity index is 235. The van der Waals surface area contributed by atoms with E-state index in [2.05, 4.69) is 5.32 Å². The molecule has 2 aliphatic heterocycles. The van der Waals surface area contributed by atoms with E-state index in [1.807, 2.05) is 7.05 Å². The molecule has 0 radical (unpaired) electrons. The molecule has 1 N–H and O–H groups in total. The minimum absolute atomic E-state index is 0.0356. The number of likely N-dealkylation sites (N-methyl/N-ethyl adjacent to an activating group) is 1. The van der Waals surface area contributed by atoms with Crippen LogP contribution >= 0.6 is 0 Å². The third kappa shape index (κ3) is 2.93. The van der Waals surface area contributed by atoms with E-state index in [9.17, 15) is 4.79 Å². The Balaban J connectivity index is 1.78. The fourth-order valence-corrected chi connectivity index (χ4v) is 2.21. The van der Waals surface area contributed by atoms with Gasteiger partial charge in [-0.2, -0.15) is 0 Å². The van der Waals surface area contributed by atoms with E-state index in [1.54, 1.807) is 4.90 Å². The summed E-state index contributed by atoms with van der Waals surface area (Å²) in [6.07, 6.45) is 1.95. The zero-order valence-electron chi connectivity index (χ0n) is 9.78. The summed E-state index contributed by atoms with van der Waals surface area (Å²) in [6, 6.07) is 0.443. The third-order valence-corrected chi connectivity index (χ3v) is 3.12. The molecule has 2 rings (SSSR count). The number of carbonyl (C=O) groups is 1. The van der Waals surface area contributed by atoms with Crippen molar-refractivity contribution in [1.82, 2.24) is 10.2 Å². The highest BCUT2D eigenvalue weighted by Crippen LogP contribution is 2.09. The quantitative estimate of drug-likeness (QED) is 0.715. The van der Waals surface area contributed by atoms with Crippen molar-refractivity contribution in [1.29, 1.82) is 0 Å². The number of ether oxygens (including phenoxy) is 2. The lowest BCUT2D eigenvalue weighted by molar-refractivity contribution is -0.156. The molecule has 2 atom stereocenters. The van der Waals surface area contributed by atoms with Crippen LogP contribution in [0.1, 0.15) is 12.8 Å². The Morgan fingerprint density at radius 1 is 1.50 bits per heavy atom. The third-order valence-electron chi connectivity index (χ3n) is 3.12. The zero-order chi connectivity index (χ0) is 11.4. The van der Waals surface area contributed by atoms with Gasteiger partial charge in [0.05, 0.1) is 19.8 Å². The highest BCUT2D eigenvalue weighted by molar-refractivity contribution is 5.81. The number of amides is 1. The van der Waals surface area contributed by atoms with Crippen molar-refractivity contribution in [2.45, 2.75) is 25.0 Å². The molecule has 0 saturated carbocycles. The van der Waals surface area contributed by atoms with Gasteiger partial charge in [0, 0.05) is 19.6 Å². The maximum absolute atomic E-state index is 12.0. The number of nitrogens with zero attached hydrogens (tertiary/aromatic N) is 1. The number of hydrogen-bond donors (Lipinski definition) is 1. The molecule has 2 aliphatic rings. The van der Waals surface area contributed by atoms with Gasteiger partial charge in [-0.1, -0.05) is 0 Å². The Kier molecular flexibility index (Phi) is 4.15. The van der Waals surface area contributed by atoms with Crippen molar-refractivity contribution in [3.63, 3.8) is 0 Å². The van der Waals surface area contributed by atoms with Gasteiger partial charge in [-0.3, -0.25) is 4.79 Å². The molecule has 2 unspecified atom stereocenters. The van der Waals surface area contributed by atoms with Crippen LogP contribution in [0.15, 0.2) is 0 Å². The first kappa shape index (κ1) is 11.8. The number of nitrogens with one attached hydrogen (secondary N) is 1. The van der Waals surface area contributed by atoms with Gasteiger partial charge in [0.15, 0.2) is 6.10 Å². The van der Waals surface area contributed by atoms with Crippen LogP contribution in [-0.4, -0.2) is 62.9 Å². The Morgan fingerprint density at radius 3 is 3.00 bits per heavy atom. The molecule has 0 spiro atoms. The highest BCUT2D eigenvalue weighted by Gasteiger charge is 2.27. The number of carbonyl (C=O) groups excluding carboxylic acids is 1. The summed E-state index contributed by atoms with van der Waals surface area (Å²) in [6.45, 7) is 3.33. The lowest BCUT2D eigenvalue weighted by Crippen LogP contribution is -2.47. The molecule has 0 bridgehead atoms. The van der Waals surface area contributed by atoms with Crippen molar-refractivity contribution in [3.05, 3.63) is 0 Å². The SMILES string of the molecule is CN(CC1CCCN1)C(=O)C1COCCO1. The Labute approximate surface area is 96.1 Å². The van der Waals surface area contributed by atoms with Gasteiger partial charge in [-0.25, -0.2) is 0 Å². The molecule has 2 heterocycles. The average molecular weight is 228 g/mol. The molecule has 5 heteroatoms. The summed E-state index contributed by atoms with van der Waals surface area (Å²) in [5.41, 5.74) is 0. The molecule has 1 amide bonds. The largest absolute Gasteiger partial charge is 0.376 e. The molecule has 0 aliphatic carbocycles. The van der Waals surface area contributed by atoms with E-state index in [0.717, 1.165) is 19.5 Å². The van der Waals surface area contributed by atoms with Crippen molar-refractivity contribution >= 4 is 5.91 Å². The van der Waals surface area contributed by atoms with E-state index in [-0.39, 0.29) is 5.91 Å². The van der Waals surface area contributed by atoms with E-state index in [4.69, 9.17) is 9.47 Å². The molecule has 16 heavy (non-hydrogen) atoms. The van der Waals surface area contributed by atoms with Crippen LogP contribution in [0.4, 0.5) is 0 Å². The Morgan fingerprint density at radius 2 is 2.38 bits per heavy atom. The lowest BCUT2D eigenvalue weighted by atomic mass is 10.2. The normalized spacial score (nSPS) is 30.3. The maximum atomic E-state index is 12.0. The van der Waals surface area contributed by atoms with Gasteiger partial charge in [-0.15, -0.1) is 0 Å².